The van der Waals surface area contributed by atoms with E-state index >= 15 is 0 Å². The molecule has 3 rings (SSSR count). The summed E-state index contributed by atoms with van der Waals surface area (Å²) in [6.45, 7) is 7.16. The van der Waals surface area contributed by atoms with Gasteiger partial charge in [-0.2, -0.15) is 0 Å². The molecule has 2 aromatic carbocycles. The molecule has 0 aliphatic carbocycles. The molecule has 212 valence electrons. The zero-order valence-electron chi connectivity index (χ0n) is 23.2. The van der Waals surface area contributed by atoms with Gasteiger partial charge in [0.15, 0.2) is 0 Å². The molecule has 0 saturated carbocycles. The average Bonchev–Trinajstić information content (AvgIpc) is 3.04. The first-order chi connectivity index (χ1) is 18.6. The fourth-order valence-electron chi connectivity index (χ4n) is 5.38. The van der Waals surface area contributed by atoms with Gasteiger partial charge in [0.25, 0.3) is 0 Å². The maximum Gasteiger partial charge on any atom is 0.245 e. The van der Waals surface area contributed by atoms with E-state index in [4.69, 9.17) is 28.9 Å². The van der Waals surface area contributed by atoms with Crippen LogP contribution in [0.25, 0.3) is 11.1 Å². The third kappa shape index (κ3) is 8.71. The number of benzene rings is 2. The highest BCUT2D eigenvalue weighted by Crippen LogP contribution is 2.31. The number of halogens is 2. The molecule has 0 bridgehead atoms. The Morgan fingerprint density at radius 3 is 2.54 bits per heavy atom. The summed E-state index contributed by atoms with van der Waals surface area (Å²) in [7, 11) is 0. The smallest absolute Gasteiger partial charge is 0.245 e. The summed E-state index contributed by atoms with van der Waals surface area (Å²) in [5, 5.41) is 4.17. The third-order valence-electron chi connectivity index (χ3n) is 7.42. The predicted octanol–water partition coefficient (Wildman–Crippen LogP) is 6.61. The van der Waals surface area contributed by atoms with Crippen molar-refractivity contribution in [3.63, 3.8) is 0 Å². The largest absolute Gasteiger partial charge is 0.369 e. The molecule has 3 amide bonds. The number of primary amides is 1. The fourth-order valence-corrected chi connectivity index (χ4v) is 5.90. The molecule has 0 radical (unpaired) electrons. The van der Waals surface area contributed by atoms with Crippen LogP contribution in [0, 0.1) is 17.8 Å². The van der Waals surface area contributed by atoms with Gasteiger partial charge in [-0.25, -0.2) is 0 Å². The number of amides is 3. The topological polar surface area (TPSA) is 92.5 Å². The number of nitrogens with two attached hydrogens (primary N) is 1. The summed E-state index contributed by atoms with van der Waals surface area (Å²) < 4.78 is 0. The van der Waals surface area contributed by atoms with Crippen LogP contribution in [0.1, 0.15) is 71.3 Å². The summed E-state index contributed by atoms with van der Waals surface area (Å²) in [5.41, 5.74) is 8.54. The summed E-state index contributed by atoms with van der Waals surface area (Å²) in [6.07, 6.45) is 5.14. The molecule has 3 N–H and O–H groups in total. The molecule has 6 nitrogen and oxygen atoms in total. The number of carbonyl (C=O) groups excluding carboxylic acids is 3. The van der Waals surface area contributed by atoms with Gasteiger partial charge >= 0.3 is 0 Å². The molecule has 2 aromatic rings. The van der Waals surface area contributed by atoms with Gasteiger partial charge in [0.1, 0.15) is 6.04 Å². The first-order valence-electron chi connectivity index (χ1n) is 14.0. The molecular formula is C31H41Cl2N3O3. The van der Waals surface area contributed by atoms with Crippen molar-refractivity contribution >= 4 is 40.9 Å². The van der Waals surface area contributed by atoms with Crippen molar-refractivity contribution in [2.45, 2.75) is 78.3 Å². The van der Waals surface area contributed by atoms with Gasteiger partial charge in [-0.05, 0) is 67.3 Å². The number of unbranched alkanes of at least 4 members (excludes halogenated alkanes) is 1. The minimum atomic E-state index is -0.622. The van der Waals surface area contributed by atoms with Crippen molar-refractivity contribution in [1.82, 2.24) is 10.2 Å². The Balaban J connectivity index is 1.76. The molecule has 1 aliphatic heterocycles. The van der Waals surface area contributed by atoms with Gasteiger partial charge < -0.3 is 16.0 Å². The van der Waals surface area contributed by atoms with Gasteiger partial charge in [0.05, 0.1) is 0 Å². The van der Waals surface area contributed by atoms with Crippen molar-refractivity contribution in [2.75, 3.05) is 6.54 Å². The first-order valence-corrected chi connectivity index (χ1v) is 14.8. The molecule has 1 fully saturated rings. The second-order valence-corrected chi connectivity index (χ2v) is 11.9. The Hall–Kier alpha value is -2.57. The third-order valence-corrected chi connectivity index (χ3v) is 7.97. The van der Waals surface area contributed by atoms with Crippen molar-refractivity contribution < 1.29 is 14.4 Å². The number of hydrogen-bond acceptors (Lipinski definition) is 3. The number of nitrogens with zero attached hydrogens (tertiary/aromatic N) is 1. The lowest BCUT2D eigenvalue weighted by Crippen LogP contribution is -2.50. The van der Waals surface area contributed by atoms with Crippen LogP contribution in [0.2, 0.25) is 10.0 Å². The highest BCUT2D eigenvalue weighted by Gasteiger charge is 2.36. The highest BCUT2D eigenvalue weighted by atomic mass is 35.5. The zero-order chi connectivity index (χ0) is 28.5. The molecule has 1 saturated heterocycles. The Bertz CT molecular complexity index is 1150. The molecular weight excluding hydrogens is 533 g/mol. The Morgan fingerprint density at radius 1 is 1.10 bits per heavy atom. The lowest BCUT2D eigenvalue weighted by Gasteiger charge is -2.29. The van der Waals surface area contributed by atoms with Gasteiger partial charge in [0.2, 0.25) is 17.7 Å². The standard InChI is InChI=1S/C31H41Cl2N3O3/c1-4-5-11-25(29(34)37)26(16-20(2)3)30(38)35-28-12-6-7-15-36(31(28)39)19-21-9-8-10-22(17-21)24-14-13-23(32)18-27(24)33/h8-10,13-14,17-18,20,25-26,28H,4-7,11-12,15-16,19H2,1-3H3,(H2,34,37)(H,35,38)/t25-,26+,28-/m0/s1. The van der Waals surface area contributed by atoms with Crippen LogP contribution < -0.4 is 11.1 Å². The number of rotatable bonds is 12. The Morgan fingerprint density at radius 2 is 1.87 bits per heavy atom. The van der Waals surface area contributed by atoms with Crippen molar-refractivity contribution in [2.24, 2.45) is 23.5 Å². The van der Waals surface area contributed by atoms with Crippen molar-refractivity contribution in [3.8, 4) is 11.1 Å². The molecule has 1 aliphatic rings. The quantitative estimate of drug-likeness (QED) is 0.299. The van der Waals surface area contributed by atoms with Gasteiger partial charge in [-0.3, -0.25) is 14.4 Å². The predicted molar refractivity (Wildman–Crippen MR) is 158 cm³/mol. The fraction of sp³-hybridized carbons (Fsp3) is 0.516. The zero-order valence-corrected chi connectivity index (χ0v) is 24.7. The molecule has 3 atom stereocenters. The lowest BCUT2D eigenvalue weighted by molar-refractivity contribution is -0.139. The van der Waals surface area contributed by atoms with Crippen LogP contribution in [-0.2, 0) is 20.9 Å². The molecule has 0 spiro atoms. The van der Waals surface area contributed by atoms with E-state index in [1.165, 1.54) is 0 Å². The highest BCUT2D eigenvalue weighted by molar-refractivity contribution is 6.36. The molecule has 8 heteroatoms. The number of carbonyl (C=O) groups is 3. The van der Waals surface area contributed by atoms with E-state index in [-0.39, 0.29) is 17.7 Å². The maximum atomic E-state index is 13.6. The van der Waals surface area contributed by atoms with Crippen LogP contribution in [0.5, 0.6) is 0 Å². The maximum absolute atomic E-state index is 13.6. The molecule has 0 unspecified atom stereocenters. The second kappa shape index (κ2) is 14.7. The van der Waals surface area contributed by atoms with Gasteiger partial charge in [-0.1, -0.05) is 81.1 Å². The van der Waals surface area contributed by atoms with E-state index in [1.807, 2.05) is 56.0 Å². The summed E-state index contributed by atoms with van der Waals surface area (Å²) in [6, 6.07) is 12.7. The van der Waals surface area contributed by atoms with Crippen LogP contribution in [0.3, 0.4) is 0 Å². The summed E-state index contributed by atoms with van der Waals surface area (Å²) in [4.78, 5) is 41.3. The Labute approximate surface area is 242 Å². The van der Waals surface area contributed by atoms with Crippen LogP contribution in [0.15, 0.2) is 42.5 Å². The lowest BCUT2D eigenvalue weighted by atomic mass is 9.81. The SMILES string of the molecule is CCCC[C@H](C(N)=O)[C@@H](CC(C)C)C(=O)N[C@H]1CCCCN(Cc2cccc(-c3ccc(Cl)cc3Cl)c2)C1=O. The monoisotopic (exact) mass is 573 g/mol. The number of hydrogen-bond donors (Lipinski definition) is 2. The van der Waals surface area contributed by atoms with E-state index < -0.39 is 23.8 Å². The van der Waals surface area contributed by atoms with Gasteiger partial charge in [-0.15, -0.1) is 0 Å². The number of likely N-dealkylation sites (tertiary alicyclic amines) is 1. The molecule has 0 aromatic heterocycles. The van der Waals surface area contributed by atoms with Gasteiger partial charge in [0, 0.05) is 40.5 Å². The first kappa shape index (κ1) is 31.0. The second-order valence-electron chi connectivity index (χ2n) is 11.0. The van der Waals surface area contributed by atoms with Crippen molar-refractivity contribution in [1.29, 1.82) is 0 Å². The summed E-state index contributed by atoms with van der Waals surface area (Å²) >= 11 is 12.5. The van der Waals surface area contributed by atoms with E-state index in [0.29, 0.717) is 42.4 Å². The average molecular weight is 575 g/mol. The van der Waals surface area contributed by atoms with E-state index in [2.05, 4.69) is 5.32 Å². The minimum absolute atomic E-state index is 0.0942. The minimum Gasteiger partial charge on any atom is -0.369 e. The van der Waals surface area contributed by atoms with Crippen LogP contribution in [-0.4, -0.2) is 35.2 Å². The van der Waals surface area contributed by atoms with Crippen LogP contribution >= 0.6 is 23.2 Å². The van der Waals surface area contributed by atoms with E-state index in [1.54, 1.807) is 12.1 Å². The molecule has 39 heavy (non-hydrogen) atoms. The van der Waals surface area contributed by atoms with Crippen LogP contribution in [0.4, 0.5) is 0 Å². The van der Waals surface area contributed by atoms with Crippen molar-refractivity contribution in [3.05, 3.63) is 58.1 Å². The number of nitrogens with one attached hydrogen (secondary N) is 1. The normalized spacial score (nSPS) is 17.5. The summed E-state index contributed by atoms with van der Waals surface area (Å²) in [5.74, 6) is -1.65. The Kier molecular flexibility index (Phi) is 11.7. The molecule has 1 heterocycles. The van der Waals surface area contributed by atoms with E-state index in [9.17, 15) is 14.4 Å². The van der Waals surface area contributed by atoms with E-state index in [0.717, 1.165) is 42.4 Å².